The second-order valence-corrected chi connectivity index (χ2v) is 1.85. The molecule has 0 saturated carbocycles. The molecule has 1 aliphatic heterocycles. The van der Waals surface area contributed by atoms with E-state index in [0.717, 1.165) is 11.5 Å². The first-order valence-electron chi connectivity index (χ1n) is 3.39. The molecule has 0 amide bonds. The van der Waals surface area contributed by atoms with Gasteiger partial charge in [0.05, 0.1) is 0 Å². The topological polar surface area (TPSA) is 44.5 Å². The fourth-order valence-electron chi connectivity index (χ4n) is 0.845. The molecule has 2 N–H and O–H groups in total. The zero-order valence-corrected chi connectivity index (χ0v) is 6.41. The molecule has 60 valence electrons. The van der Waals surface area contributed by atoms with Gasteiger partial charge in [0.2, 0.25) is 6.79 Å². The Labute approximate surface area is 65.7 Å². The van der Waals surface area contributed by atoms with E-state index in [2.05, 4.69) is 5.73 Å². The fourth-order valence-corrected chi connectivity index (χ4v) is 0.845. The van der Waals surface area contributed by atoms with Crippen LogP contribution in [0.25, 0.3) is 0 Å². The van der Waals surface area contributed by atoms with E-state index in [1.807, 2.05) is 24.3 Å². The number of ether oxygens (including phenoxy) is 2. The summed E-state index contributed by atoms with van der Waals surface area (Å²) < 4.78 is 10.2. The van der Waals surface area contributed by atoms with Crippen molar-refractivity contribution in [2.24, 2.45) is 5.73 Å². The molecule has 0 aliphatic carbocycles. The molecule has 0 saturated heterocycles. The van der Waals surface area contributed by atoms with Gasteiger partial charge >= 0.3 is 0 Å². The number of fused-ring (bicyclic) bond motifs is 1. The van der Waals surface area contributed by atoms with Crippen molar-refractivity contribution in [1.82, 2.24) is 0 Å². The monoisotopic (exact) mass is 153 g/mol. The molecular weight excluding hydrogens is 142 g/mol. The zero-order valence-electron chi connectivity index (χ0n) is 6.41. The Morgan fingerprint density at radius 1 is 1.09 bits per heavy atom. The largest absolute Gasteiger partial charge is 0.454 e. The quantitative estimate of drug-likeness (QED) is 0.604. The van der Waals surface area contributed by atoms with Gasteiger partial charge in [-0.15, -0.1) is 0 Å². The minimum Gasteiger partial charge on any atom is -0.454 e. The summed E-state index contributed by atoms with van der Waals surface area (Å²) >= 11 is 0. The van der Waals surface area contributed by atoms with Gasteiger partial charge in [-0.25, -0.2) is 0 Å². The minimum absolute atomic E-state index is 0.360. The Kier molecular flexibility index (Phi) is 2.74. The predicted octanol–water partition coefficient (Wildman–Crippen LogP) is 0.990. The number of hydrogen-bond donors (Lipinski definition) is 1. The predicted molar refractivity (Wildman–Crippen MR) is 42.7 cm³/mol. The Hall–Kier alpha value is -1.22. The molecule has 0 spiro atoms. The molecule has 1 heterocycles. The van der Waals surface area contributed by atoms with Gasteiger partial charge in [-0.05, 0) is 19.2 Å². The molecule has 1 aromatic carbocycles. The maximum absolute atomic E-state index is 5.08. The first kappa shape index (κ1) is 7.88. The highest BCUT2D eigenvalue weighted by Gasteiger charge is 2.09. The average molecular weight is 153 g/mol. The molecule has 0 aromatic heterocycles. The standard InChI is InChI=1S/C7H6O2.CH5N/c1-2-4-7-6(3-1)8-5-9-7;1-2/h1-4H,5H2;2H2,1H3. The number of benzene rings is 1. The lowest BCUT2D eigenvalue weighted by Gasteiger charge is -1.89. The zero-order chi connectivity index (χ0) is 8.10. The van der Waals surface area contributed by atoms with Gasteiger partial charge in [-0.2, -0.15) is 0 Å². The normalized spacial score (nSPS) is 11.8. The molecule has 0 bridgehead atoms. The van der Waals surface area contributed by atoms with E-state index >= 15 is 0 Å². The second kappa shape index (κ2) is 3.83. The van der Waals surface area contributed by atoms with Crippen LogP contribution in [0.1, 0.15) is 0 Å². The number of hydrogen-bond acceptors (Lipinski definition) is 3. The number of nitrogens with two attached hydrogens (primary N) is 1. The third-order valence-electron chi connectivity index (χ3n) is 1.28. The van der Waals surface area contributed by atoms with Gasteiger partial charge in [0, 0.05) is 0 Å². The van der Waals surface area contributed by atoms with Crippen molar-refractivity contribution in [1.29, 1.82) is 0 Å². The summed E-state index contributed by atoms with van der Waals surface area (Å²) in [5.74, 6) is 1.69. The molecular formula is C8H11NO2. The van der Waals surface area contributed by atoms with Gasteiger partial charge in [0.25, 0.3) is 0 Å². The van der Waals surface area contributed by atoms with Gasteiger partial charge in [0.15, 0.2) is 11.5 Å². The fraction of sp³-hybridized carbons (Fsp3) is 0.250. The summed E-state index contributed by atoms with van der Waals surface area (Å²) in [6, 6.07) is 7.63. The minimum atomic E-state index is 0.360. The van der Waals surface area contributed by atoms with Crippen LogP contribution >= 0.6 is 0 Å². The van der Waals surface area contributed by atoms with Crippen molar-refractivity contribution in [3.63, 3.8) is 0 Å². The molecule has 11 heavy (non-hydrogen) atoms. The van der Waals surface area contributed by atoms with E-state index in [1.165, 1.54) is 7.05 Å². The molecule has 1 aromatic rings. The van der Waals surface area contributed by atoms with Gasteiger partial charge in [-0.3, -0.25) is 0 Å². The Bertz CT molecular complexity index is 202. The third kappa shape index (κ3) is 1.62. The smallest absolute Gasteiger partial charge is 0.231 e. The number of para-hydroxylation sites is 2. The number of rotatable bonds is 0. The summed E-state index contributed by atoms with van der Waals surface area (Å²) in [4.78, 5) is 0. The van der Waals surface area contributed by atoms with Crippen molar-refractivity contribution in [3.8, 4) is 11.5 Å². The summed E-state index contributed by atoms with van der Waals surface area (Å²) in [6.45, 7) is 0.360. The van der Waals surface area contributed by atoms with Crippen LogP contribution in [-0.2, 0) is 0 Å². The van der Waals surface area contributed by atoms with E-state index in [9.17, 15) is 0 Å². The lowest BCUT2D eigenvalue weighted by Crippen LogP contribution is -1.92. The molecule has 1 aliphatic rings. The maximum Gasteiger partial charge on any atom is 0.231 e. The highest BCUT2D eigenvalue weighted by atomic mass is 16.7. The SMILES string of the molecule is CN.c1ccc2c(c1)OCO2. The van der Waals surface area contributed by atoms with Crippen molar-refractivity contribution in [2.75, 3.05) is 13.8 Å². The summed E-state index contributed by atoms with van der Waals surface area (Å²) in [6.07, 6.45) is 0. The van der Waals surface area contributed by atoms with Crippen molar-refractivity contribution >= 4 is 0 Å². The van der Waals surface area contributed by atoms with Crippen LogP contribution in [0.15, 0.2) is 24.3 Å². The van der Waals surface area contributed by atoms with Crippen LogP contribution in [0, 0.1) is 0 Å². The van der Waals surface area contributed by atoms with Crippen LogP contribution in [-0.4, -0.2) is 13.8 Å². The molecule has 0 fully saturated rings. The molecule has 2 rings (SSSR count). The van der Waals surface area contributed by atoms with Crippen LogP contribution in [0.4, 0.5) is 0 Å². The summed E-state index contributed by atoms with van der Waals surface area (Å²) in [7, 11) is 1.50. The summed E-state index contributed by atoms with van der Waals surface area (Å²) in [5, 5.41) is 0. The third-order valence-corrected chi connectivity index (χ3v) is 1.28. The van der Waals surface area contributed by atoms with Gasteiger partial charge in [0.1, 0.15) is 0 Å². The van der Waals surface area contributed by atoms with E-state index in [1.54, 1.807) is 0 Å². The van der Waals surface area contributed by atoms with Crippen molar-refractivity contribution in [3.05, 3.63) is 24.3 Å². The summed E-state index contributed by atoms with van der Waals surface area (Å²) in [5.41, 5.74) is 4.50. The average Bonchev–Trinajstić information content (AvgIpc) is 2.55. The maximum atomic E-state index is 5.08. The Balaban J connectivity index is 0.000000281. The molecule has 0 radical (unpaired) electrons. The second-order valence-electron chi connectivity index (χ2n) is 1.85. The van der Waals surface area contributed by atoms with Crippen molar-refractivity contribution in [2.45, 2.75) is 0 Å². The first-order valence-corrected chi connectivity index (χ1v) is 3.39. The van der Waals surface area contributed by atoms with Crippen molar-refractivity contribution < 1.29 is 9.47 Å². The lowest BCUT2D eigenvalue weighted by atomic mass is 10.3. The molecule has 0 unspecified atom stereocenters. The molecule has 3 nitrogen and oxygen atoms in total. The van der Waals surface area contributed by atoms with E-state index in [4.69, 9.17) is 9.47 Å². The molecule has 0 atom stereocenters. The van der Waals surface area contributed by atoms with Crippen LogP contribution in [0.5, 0.6) is 11.5 Å². The van der Waals surface area contributed by atoms with Crippen LogP contribution in [0.2, 0.25) is 0 Å². The van der Waals surface area contributed by atoms with E-state index in [-0.39, 0.29) is 0 Å². The van der Waals surface area contributed by atoms with E-state index in [0.29, 0.717) is 6.79 Å². The Morgan fingerprint density at radius 3 is 2.00 bits per heavy atom. The lowest BCUT2D eigenvalue weighted by molar-refractivity contribution is 0.174. The molecule has 3 heteroatoms. The first-order chi connectivity index (χ1) is 5.47. The van der Waals surface area contributed by atoms with Gasteiger partial charge < -0.3 is 15.2 Å². The van der Waals surface area contributed by atoms with Gasteiger partial charge in [-0.1, -0.05) is 12.1 Å². The van der Waals surface area contributed by atoms with Crippen LogP contribution < -0.4 is 15.2 Å². The van der Waals surface area contributed by atoms with E-state index < -0.39 is 0 Å². The van der Waals surface area contributed by atoms with Crippen LogP contribution in [0.3, 0.4) is 0 Å². The highest BCUT2D eigenvalue weighted by molar-refractivity contribution is 5.40. The highest BCUT2D eigenvalue weighted by Crippen LogP contribution is 2.30. The Morgan fingerprint density at radius 2 is 1.55 bits per heavy atom.